The van der Waals surface area contributed by atoms with Gasteiger partial charge in [-0.2, -0.15) is 0 Å². The monoisotopic (exact) mass is 244 g/mol. The molecule has 0 N–H and O–H groups in total. The summed E-state index contributed by atoms with van der Waals surface area (Å²) in [5, 5.41) is 0. The molecule has 1 fully saturated rings. The number of rotatable bonds is 6. The Hall–Kier alpha value is -0.780. The lowest BCUT2D eigenvalue weighted by atomic mass is 9.83. The van der Waals surface area contributed by atoms with Gasteiger partial charge >= 0.3 is 0 Å². The van der Waals surface area contributed by atoms with Gasteiger partial charge in [-0.25, -0.2) is 0 Å². The van der Waals surface area contributed by atoms with Crippen molar-refractivity contribution in [3.05, 3.63) is 35.4 Å². The molecule has 1 saturated carbocycles. The SMILES string of the molecule is CCCCCCc1cccc(C2CCCCC2)c1. The Kier molecular flexibility index (Phi) is 5.77. The Morgan fingerprint density at radius 3 is 2.61 bits per heavy atom. The fourth-order valence-electron chi connectivity index (χ4n) is 3.19. The zero-order valence-electron chi connectivity index (χ0n) is 12.0. The predicted molar refractivity (Wildman–Crippen MR) is 80.1 cm³/mol. The van der Waals surface area contributed by atoms with Crippen molar-refractivity contribution in [2.24, 2.45) is 0 Å². The van der Waals surface area contributed by atoms with Crippen LogP contribution < -0.4 is 0 Å². The van der Waals surface area contributed by atoms with Gasteiger partial charge in [-0.15, -0.1) is 0 Å². The standard InChI is InChI=1S/C18H28/c1-2-3-4-6-10-16-11-9-14-18(15-16)17-12-7-5-8-13-17/h9,11,14-15,17H,2-8,10,12-13H2,1H3. The summed E-state index contributed by atoms with van der Waals surface area (Å²) in [6.45, 7) is 2.28. The summed E-state index contributed by atoms with van der Waals surface area (Å²) in [6, 6.07) is 9.44. The summed E-state index contributed by atoms with van der Waals surface area (Å²) in [5.74, 6) is 0.856. The quantitative estimate of drug-likeness (QED) is 0.550. The molecular formula is C18H28. The van der Waals surface area contributed by atoms with Gasteiger partial charge in [0.1, 0.15) is 0 Å². The highest BCUT2D eigenvalue weighted by atomic mass is 14.2. The van der Waals surface area contributed by atoms with Crippen molar-refractivity contribution in [1.82, 2.24) is 0 Å². The highest BCUT2D eigenvalue weighted by Crippen LogP contribution is 2.32. The topological polar surface area (TPSA) is 0 Å². The lowest BCUT2D eigenvalue weighted by Gasteiger charge is -2.22. The minimum Gasteiger partial charge on any atom is -0.0654 e. The van der Waals surface area contributed by atoms with Crippen LogP contribution >= 0.6 is 0 Å². The molecular weight excluding hydrogens is 216 g/mol. The Balaban J connectivity index is 1.88. The molecule has 1 aromatic rings. The molecule has 0 spiro atoms. The fraction of sp³-hybridized carbons (Fsp3) is 0.667. The first-order valence-electron chi connectivity index (χ1n) is 7.99. The van der Waals surface area contributed by atoms with Crippen molar-refractivity contribution < 1.29 is 0 Å². The van der Waals surface area contributed by atoms with Gasteiger partial charge in [0.15, 0.2) is 0 Å². The Bertz CT molecular complexity index is 334. The zero-order valence-corrected chi connectivity index (χ0v) is 12.0. The third-order valence-corrected chi connectivity index (χ3v) is 4.35. The van der Waals surface area contributed by atoms with Crippen LogP contribution in [0, 0.1) is 0 Å². The van der Waals surface area contributed by atoms with Crippen LogP contribution in [0.4, 0.5) is 0 Å². The van der Waals surface area contributed by atoms with Crippen LogP contribution in [0.25, 0.3) is 0 Å². The molecule has 0 aliphatic heterocycles. The molecule has 0 amide bonds. The molecule has 0 heterocycles. The molecule has 18 heavy (non-hydrogen) atoms. The van der Waals surface area contributed by atoms with Crippen LogP contribution in [0.3, 0.4) is 0 Å². The maximum Gasteiger partial charge on any atom is -0.0162 e. The first-order valence-corrected chi connectivity index (χ1v) is 7.99. The summed E-state index contributed by atoms with van der Waals surface area (Å²) in [6.07, 6.45) is 13.9. The van der Waals surface area contributed by atoms with Crippen LogP contribution in [-0.4, -0.2) is 0 Å². The van der Waals surface area contributed by atoms with Gasteiger partial charge in [0.25, 0.3) is 0 Å². The van der Waals surface area contributed by atoms with Crippen molar-refractivity contribution in [3.8, 4) is 0 Å². The molecule has 2 rings (SSSR count). The smallest absolute Gasteiger partial charge is 0.0162 e. The third-order valence-electron chi connectivity index (χ3n) is 4.35. The minimum atomic E-state index is 0.856. The summed E-state index contributed by atoms with van der Waals surface area (Å²) in [7, 11) is 0. The third kappa shape index (κ3) is 4.15. The average molecular weight is 244 g/mol. The average Bonchev–Trinajstić information content (AvgIpc) is 2.45. The van der Waals surface area contributed by atoms with Gasteiger partial charge in [0.05, 0.1) is 0 Å². The van der Waals surface area contributed by atoms with Crippen molar-refractivity contribution in [1.29, 1.82) is 0 Å². The van der Waals surface area contributed by atoms with Crippen LogP contribution in [-0.2, 0) is 6.42 Å². The van der Waals surface area contributed by atoms with Gasteiger partial charge in [0, 0.05) is 0 Å². The lowest BCUT2D eigenvalue weighted by Crippen LogP contribution is -2.04. The Labute approximate surface area is 113 Å². The van der Waals surface area contributed by atoms with E-state index >= 15 is 0 Å². The Morgan fingerprint density at radius 1 is 1.00 bits per heavy atom. The molecule has 0 atom stereocenters. The highest BCUT2D eigenvalue weighted by molar-refractivity contribution is 5.26. The van der Waals surface area contributed by atoms with Gasteiger partial charge in [-0.1, -0.05) is 69.7 Å². The van der Waals surface area contributed by atoms with E-state index < -0.39 is 0 Å². The molecule has 1 aromatic carbocycles. The maximum absolute atomic E-state index is 2.49. The molecule has 0 radical (unpaired) electrons. The van der Waals surface area contributed by atoms with Gasteiger partial charge in [0.2, 0.25) is 0 Å². The van der Waals surface area contributed by atoms with E-state index in [1.807, 2.05) is 0 Å². The van der Waals surface area contributed by atoms with Crippen LogP contribution in [0.1, 0.15) is 81.8 Å². The summed E-state index contributed by atoms with van der Waals surface area (Å²) in [4.78, 5) is 0. The number of unbranched alkanes of at least 4 members (excludes halogenated alkanes) is 3. The van der Waals surface area contributed by atoms with Gasteiger partial charge in [-0.05, 0) is 42.7 Å². The predicted octanol–water partition coefficient (Wildman–Crippen LogP) is 5.86. The second-order valence-electron chi connectivity index (χ2n) is 5.89. The number of benzene rings is 1. The molecule has 0 unspecified atom stereocenters. The molecule has 0 saturated heterocycles. The van der Waals surface area contributed by atoms with E-state index in [-0.39, 0.29) is 0 Å². The number of aryl methyl sites for hydroxylation is 1. The van der Waals surface area contributed by atoms with Crippen molar-refractivity contribution in [2.75, 3.05) is 0 Å². The molecule has 100 valence electrons. The molecule has 1 aliphatic carbocycles. The second-order valence-corrected chi connectivity index (χ2v) is 5.89. The highest BCUT2D eigenvalue weighted by Gasteiger charge is 2.15. The minimum absolute atomic E-state index is 0.856. The van der Waals surface area contributed by atoms with Crippen LogP contribution in [0.2, 0.25) is 0 Å². The van der Waals surface area contributed by atoms with E-state index in [1.165, 1.54) is 64.2 Å². The zero-order chi connectivity index (χ0) is 12.6. The number of hydrogen-bond donors (Lipinski definition) is 0. The largest absolute Gasteiger partial charge is 0.0654 e. The van der Waals surface area contributed by atoms with Crippen LogP contribution in [0.15, 0.2) is 24.3 Å². The summed E-state index contributed by atoms with van der Waals surface area (Å²) in [5.41, 5.74) is 3.18. The Morgan fingerprint density at radius 2 is 1.83 bits per heavy atom. The molecule has 0 aromatic heterocycles. The molecule has 1 aliphatic rings. The van der Waals surface area contributed by atoms with E-state index in [9.17, 15) is 0 Å². The van der Waals surface area contributed by atoms with Crippen LogP contribution in [0.5, 0.6) is 0 Å². The van der Waals surface area contributed by atoms with Gasteiger partial charge in [-0.3, -0.25) is 0 Å². The summed E-state index contributed by atoms with van der Waals surface area (Å²) >= 11 is 0. The normalized spacial score (nSPS) is 16.9. The lowest BCUT2D eigenvalue weighted by molar-refractivity contribution is 0.443. The first kappa shape index (κ1) is 13.6. The maximum atomic E-state index is 2.49. The van der Waals surface area contributed by atoms with E-state index in [0.29, 0.717) is 0 Å². The first-order chi connectivity index (χ1) is 8.90. The van der Waals surface area contributed by atoms with E-state index in [0.717, 1.165) is 5.92 Å². The molecule has 0 bridgehead atoms. The van der Waals surface area contributed by atoms with E-state index in [1.54, 1.807) is 11.1 Å². The van der Waals surface area contributed by atoms with Crippen molar-refractivity contribution >= 4 is 0 Å². The summed E-state index contributed by atoms with van der Waals surface area (Å²) < 4.78 is 0. The van der Waals surface area contributed by atoms with E-state index in [4.69, 9.17) is 0 Å². The molecule has 0 heteroatoms. The van der Waals surface area contributed by atoms with Gasteiger partial charge < -0.3 is 0 Å². The van der Waals surface area contributed by atoms with Crippen molar-refractivity contribution in [3.63, 3.8) is 0 Å². The fourth-order valence-corrected chi connectivity index (χ4v) is 3.19. The molecule has 0 nitrogen and oxygen atoms in total. The van der Waals surface area contributed by atoms with E-state index in [2.05, 4.69) is 31.2 Å². The number of hydrogen-bond acceptors (Lipinski definition) is 0. The second kappa shape index (κ2) is 7.61. The van der Waals surface area contributed by atoms with Crippen molar-refractivity contribution in [2.45, 2.75) is 77.0 Å².